The van der Waals surface area contributed by atoms with Crippen LogP contribution in [-0.2, 0) is 11.3 Å². The van der Waals surface area contributed by atoms with Crippen molar-refractivity contribution in [3.63, 3.8) is 0 Å². The highest BCUT2D eigenvalue weighted by Gasteiger charge is 2.32. The number of nitrogens with one attached hydrogen (secondary N) is 1. The number of hydrogen-bond acceptors (Lipinski definition) is 4. The van der Waals surface area contributed by atoms with Crippen LogP contribution in [0.25, 0.3) is 0 Å². The summed E-state index contributed by atoms with van der Waals surface area (Å²) in [6.45, 7) is 8.23. The van der Waals surface area contributed by atoms with Crippen molar-refractivity contribution in [2.45, 2.75) is 45.6 Å². The van der Waals surface area contributed by atoms with Crippen LogP contribution in [0.1, 0.15) is 47.6 Å². The van der Waals surface area contributed by atoms with E-state index in [1.165, 1.54) is 16.1 Å². The number of likely N-dealkylation sites (tertiary alicyclic amines) is 1. The van der Waals surface area contributed by atoms with Gasteiger partial charge in [-0.05, 0) is 38.3 Å². The quantitative estimate of drug-likeness (QED) is 0.341. The molecule has 0 radical (unpaired) electrons. The number of para-hydroxylation sites is 1. The lowest BCUT2D eigenvalue weighted by Crippen LogP contribution is -2.41. The fourth-order valence-corrected chi connectivity index (χ4v) is 4.92. The van der Waals surface area contributed by atoms with Crippen molar-refractivity contribution in [3.8, 4) is 0 Å². The number of hydrogen-bond donors (Lipinski definition) is 1. The number of aromatic nitrogens is 1. The maximum atomic E-state index is 12.0. The van der Waals surface area contributed by atoms with Crippen molar-refractivity contribution < 1.29 is 4.79 Å². The molecule has 1 unspecified atom stereocenters. The Morgan fingerprint density at radius 1 is 1.37 bits per heavy atom. The number of thiazole rings is 1. The van der Waals surface area contributed by atoms with E-state index in [0.717, 1.165) is 50.0 Å². The second kappa shape index (κ2) is 10.6. The Labute approximate surface area is 199 Å². The van der Waals surface area contributed by atoms with Crippen molar-refractivity contribution in [2.75, 3.05) is 31.1 Å². The van der Waals surface area contributed by atoms with Gasteiger partial charge in [-0.1, -0.05) is 18.2 Å². The number of aryl methyl sites for hydroxylation is 1. The Bertz CT molecular complexity index is 899. The maximum absolute atomic E-state index is 12.0. The van der Waals surface area contributed by atoms with Crippen LogP contribution in [-0.4, -0.2) is 47.9 Å². The van der Waals surface area contributed by atoms with E-state index in [1.807, 2.05) is 11.1 Å². The predicted molar refractivity (Wildman–Crippen MR) is 134 cm³/mol. The Hall–Kier alpha value is -1.68. The van der Waals surface area contributed by atoms with Crippen LogP contribution in [0.5, 0.6) is 0 Å². The molecule has 162 valence electrons. The third kappa shape index (κ3) is 5.14. The van der Waals surface area contributed by atoms with Crippen LogP contribution >= 0.6 is 35.3 Å². The molecule has 1 saturated heterocycles. The van der Waals surface area contributed by atoms with Gasteiger partial charge < -0.3 is 15.1 Å². The predicted octanol–water partition coefficient (Wildman–Crippen LogP) is 4.15. The lowest BCUT2D eigenvalue weighted by molar-refractivity contribution is -0.127. The molecular formula is C22H30IN5OS. The van der Waals surface area contributed by atoms with Crippen LogP contribution < -0.4 is 10.2 Å². The number of anilines is 1. The average molecular weight is 539 g/mol. The zero-order valence-corrected chi connectivity index (χ0v) is 20.8. The summed E-state index contributed by atoms with van der Waals surface area (Å²) in [7, 11) is 0. The highest BCUT2D eigenvalue weighted by Crippen LogP contribution is 2.38. The van der Waals surface area contributed by atoms with Crippen molar-refractivity contribution in [1.82, 2.24) is 15.2 Å². The van der Waals surface area contributed by atoms with Gasteiger partial charge in [0, 0.05) is 55.3 Å². The maximum Gasteiger partial charge on any atom is 0.222 e. The minimum atomic E-state index is 0. The zero-order valence-electron chi connectivity index (χ0n) is 17.6. The molecule has 6 nitrogen and oxygen atoms in total. The normalized spacial score (nSPS) is 18.5. The van der Waals surface area contributed by atoms with E-state index in [9.17, 15) is 4.79 Å². The molecule has 2 aromatic rings. The van der Waals surface area contributed by atoms with Gasteiger partial charge in [0.1, 0.15) is 5.01 Å². The molecule has 1 aromatic carbocycles. The number of rotatable bonds is 6. The fourth-order valence-electron chi connectivity index (χ4n) is 4.21. The first-order chi connectivity index (χ1) is 14.2. The van der Waals surface area contributed by atoms with Crippen LogP contribution in [0.2, 0.25) is 0 Å². The number of amides is 1. The molecule has 0 spiro atoms. The summed E-state index contributed by atoms with van der Waals surface area (Å²) >= 11 is 1.70. The van der Waals surface area contributed by atoms with Gasteiger partial charge in [-0.2, -0.15) is 0 Å². The third-order valence-electron chi connectivity index (χ3n) is 5.61. The molecule has 1 atom stereocenters. The summed E-state index contributed by atoms with van der Waals surface area (Å²) in [5.74, 6) is 1.62. The summed E-state index contributed by atoms with van der Waals surface area (Å²) in [6, 6.07) is 8.60. The monoisotopic (exact) mass is 539 g/mol. The van der Waals surface area contributed by atoms with Crippen LogP contribution in [0.4, 0.5) is 5.69 Å². The first kappa shape index (κ1) is 23.0. The van der Waals surface area contributed by atoms with Crippen LogP contribution in [0.3, 0.4) is 0 Å². The van der Waals surface area contributed by atoms with Gasteiger partial charge >= 0.3 is 0 Å². The molecule has 30 heavy (non-hydrogen) atoms. The van der Waals surface area contributed by atoms with Gasteiger partial charge in [0.05, 0.1) is 6.54 Å². The number of nitrogens with zero attached hydrogens (tertiary/aromatic N) is 4. The van der Waals surface area contributed by atoms with Gasteiger partial charge in [-0.25, -0.2) is 9.98 Å². The number of benzene rings is 1. The number of carbonyl (C=O) groups excluding carboxylic acids is 1. The largest absolute Gasteiger partial charge is 0.356 e. The first-order valence-corrected chi connectivity index (χ1v) is 11.3. The van der Waals surface area contributed by atoms with E-state index >= 15 is 0 Å². The Kier molecular flexibility index (Phi) is 8.10. The topological polar surface area (TPSA) is 60.8 Å². The molecule has 1 aromatic heterocycles. The smallest absolute Gasteiger partial charge is 0.222 e. The van der Waals surface area contributed by atoms with E-state index in [1.54, 1.807) is 11.3 Å². The molecule has 2 aliphatic rings. The zero-order chi connectivity index (χ0) is 20.2. The standard InChI is InChI=1S/C22H29N5OS.HI/c1-3-23-22(25-14-20-24-13-16(2)29-20)27-15-17(18-7-4-5-8-19(18)27)10-12-26-11-6-9-21(26)28;/h4-5,7-8,13,17H,3,6,9-12,14-15H2,1-2H3,(H,23,25);1H. The summed E-state index contributed by atoms with van der Waals surface area (Å²) in [5, 5.41) is 4.49. The number of fused-ring (bicyclic) bond motifs is 1. The molecule has 1 fully saturated rings. The molecule has 4 rings (SSSR count). The molecule has 1 N–H and O–H groups in total. The minimum absolute atomic E-state index is 0. The van der Waals surface area contributed by atoms with Crippen LogP contribution in [0.15, 0.2) is 35.5 Å². The number of carbonyl (C=O) groups is 1. The Balaban J connectivity index is 0.00000256. The molecule has 3 heterocycles. The second-order valence-corrected chi connectivity index (χ2v) is 8.99. The van der Waals surface area contributed by atoms with E-state index in [4.69, 9.17) is 4.99 Å². The van der Waals surface area contributed by atoms with Gasteiger partial charge in [0.2, 0.25) is 5.91 Å². The summed E-state index contributed by atoms with van der Waals surface area (Å²) < 4.78 is 0. The fraction of sp³-hybridized carbons (Fsp3) is 0.500. The lowest BCUT2D eigenvalue weighted by Gasteiger charge is -2.23. The SMILES string of the molecule is CCNC(=NCc1ncc(C)s1)N1CC(CCN2CCCC2=O)c2ccccc21.I. The minimum Gasteiger partial charge on any atom is -0.356 e. The molecule has 2 aliphatic heterocycles. The molecule has 8 heteroatoms. The van der Waals surface area contributed by atoms with Crippen molar-refractivity contribution in [1.29, 1.82) is 0 Å². The first-order valence-electron chi connectivity index (χ1n) is 10.5. The number of halogens is 1. The van der Waals surface area contributed by atoms with Gasteiger partial charge in [-0.15, -0.1) is 35.3 Å². The summed E-state index contributed by atoms with van der Waals surface area (Å²) in [4.78, 5) is 26.8. The third-order valence-corrected chi connectivity index (χ3v) is 6.51. The molecular weight excluding hydrogens is 509 g/mol. The molecule has 0 bridgehead atoms. The van der Waals surface area contributed by atoms with Crippen molar-refractivity contribution in [2.24, 2.45) is 4.99 Å². The number of aliphatic imine (C=N–C) groups is 1. The summed E-state index contributed by atoms with van der Waals surface area (Å²) in [5.41, 5.74) is 2.58. The van der Waals surface area contributed by atoms with Gasteiger partial charge in [-0.3, -0.25) is 4.79 Å². The average Bonchev–Trinajstić information content (AvgIpc) is 3.42. The molecule has 1 amide bonds. The van der Waals surface area contributed by atoms with E-state index in [2.05, 4.69) is 53.3 Å². The molecule has 0 saturated carbocycles. The van der Waals surface area contributed by atoms with Gasteiger partial charge in [0.25, 0.3) is 0 Å². The van der Waals surface area contributed by atoms with Gasteiger partial charge in [0.15, 0.2) is 5.96 Å². The Morgan fingerprint density at radius 3 is 2.90 bits per heavy atom. The highest BCUT2D eigenvalue weighted by molar-refractivity contribution is 14.0. The second-order valence-electron chi connectivity index (χ2n) is 7.67. The molecule has 0 aliphatic carbocycles. The van der Waals surface area contributed by atoms with Crippen molar-refractivity contribution >= 4 is 52.9 Å². The van der Waals surface area contributed by atoms with E-state index < -0.39 is 0 Å². The number of guanidine groups is 1. The Morgan fingerprint density at radius 2 is 2.20 bits per heavy atom. The summed E-state index contributed by atoms with van der Waals surface area (Å²) in [6.07, 6.45) is 4.61. The van der Waals surface area contributed by atoms with Crippen LogP contribution in [0, 0.1) is 6.92 Å². The van der Waals surface area contributed by atoms with E-state index in [0.29, 0.717) is 24.8 Å². The van der Waals surface area contributed by atoms with E-state index in [-0.39, 0.29) is 24.0 Å². The lowest BCUT2D eigenvalue weighted by atomic mass is 9.98. The van der Waals surface area contributed by atoms with Crippen molar-refractivity contribution in [3.05, 3.63) is 45.9 Å². The highest BCUT2D eigenvalue weighted by atomic mass is 127.